The van der Waals surface area contributed by atoms with Gasteiger partial charge in [-0.15, -0.1) is 0 Å². The topological polar surface area (TPSA) is 20.2 Å². The minimum Gasteiger partial charge on any atom is -0.396 e. The fourth-order valence-electron chi connectivity index (χ4n) is 2.98. The van der Waals surface area contributed by atoms with E-state index in [4.69, 9.17) is 0 Å². The van der Waals surface area contributed by atoms with Crippen molar-refractivity contribution in [2.45, 2.75) is 44.7 Å². The van der Waals surface area contributed by atoms with Crippen molar-refractivity contribution in [3.8, 4) is 0 Å². The summed E-state index contributed by atoms with van der Waals surface area (Å²) in [5.74, 6) is 0. The Labute approximate surface area is 111 Å². The predicted molar refractivity (Wildman–Crippen MR) is 67.8 cm³/mol. The predicted octanol–water partition coefficient (Wildman–Crippen LogP) is 4.19. The van der Waals surface area contributed by atoms with E-state index < -0.39 is 11.7 Å². The summed E-state index contributed by atoms with van der Waals surface area (Å²) >= 11 is 0. The molecule has 1 aliphatic carbocycles. The molecule has 19 heavy (non-hydrogen) atoms. The second-order valence-electron chi connectivity index (χ2n) is 5.59. The van der Waals surface area contributed by atoms with Gasteiger partial charge in [0.15, 0.2) is 0 Å². The number of hydrogen-bond acceptors (Lipinski definition) is 1. The monoisotopic (exact) mass is 272 g/mol. The smallest absolute Gasteiger partial charge is 0.396 e. The van der Waals surface area contributed by atoms with Crippen LogP contribution in [0.2, 0.25) is 0 Å². The highest BCUT2D eigenvalue weighted by Gasteiger charge is 2.33. The van der Waals surface area contributed by atoms with Crippen LogP contribution in [0.4, 0.5) is 13.2 Å². The first-order chi connectivity index (χ1) is 8.95. The highest BCUT2D eigenvalue weighted by atomic mass is 19.4. The molecule has 4 heteroatoms. The second-order valence-corrected chi connectivity index (χ2v) is 5.59. The molecular weight excluding hydrogens is 253 g/mol. The highest BCUT2D eigenvalue weighted by molar-refractivity contribution is 5.26. The fourth-order valence-corrected chi connectivity index (χ4v) is 2.98. The van der Waals surface area contributed by atoms with E-state index in [9.17, 15) is 18.3 Å². The molecule has 1 aromatic rings. The maximum Gasteiger partial charge on any atom is 0.416 e. The largest absolute Gasteiger partial charge is 0.416 e. The third kappa shape index (κ3) is 3.50. The molecule has 2 rings (SSSR count). The zero-order chi connectivity index (χ0) is 13.9. The van der Waals surface area contributed by atoms with Crippen molar-refractivity contribution in [1.82, 2.24) is 0 Å². The number of aliphatic hydroxyl groups is 1. The molecule has 0 atom stereocenters. The molecule has 0 unspecified atom stereocenters. The Hall–Kier alpha value is -1.03. The highest BCUT2D eigenvalue weighted by Crippen LogP contribution is 2.39. The van der Waals surface area contributed by atoms with Crippen molar-refractivity contribution in [1.29, 1.82) is 0 Å². The molecule has 0 aliphatic heterocycles. The third-order valence-corrected chi connectivity index (χ3v) is 4.08. The summed E-state index contributed by atoms with van der Waals surface area (Å²) in [6.45, 7) is 0.0588. The van der Waals surface area contributed by atoms with Gasteiger partial charge in [0, 0.05) is 6.61 Å². The minimum atomic E-state index is -4.30. The average Bonchev–Trinajstić information content (AvgIpc) is 2.39. The zero-order valence-electron chi connectivity index (χ0n) is 10.8. The van der Waals surface area contributed by atoms with Crippen LogP contribution >= 0.6 is 0 Å². The molecular formula is C15H19F3O. The maximum atomic E-state index is 12.7. The van der Waals surface area contributed by atoms with Crippen LogP contribution in [0.25, 0.3) is 0 Å². The molecule has 0 heterocycles. The lowest BCUT2D eigenvalue weighted by molar-refractivity contribution is -0.137. The van der Waals surface area contributed by atoms with Crippen LogP contribution in [0.1, 0.15) is 43.2 Å². The maximum absolute atomic E-state index is 12.7. The van der Waals surface area contributed by atoms with Crippen molar-refractivity contribution < 1.29 is 18.3 Å². The van der Waals surface area contributed by atoms with E-state index in [-0.39, 0.29) is 12.0 Å². The summed E-state index contributed by atoms with van der Waals surface area (Å²) in [6, 6.07) is 5.48. The van der Waals surface area contributed by atoms with E-state index in [1.54, 1.807) is 6.07 Å². The van der Waals surface area contributed by atoms with Gasteiger partial charge in [0.25, 0.3) is 0 Å². The van der Waals surface area contributed by atoms with Crippen molar-refractivity contribution >= 4 is 0 Å². The van der Waals surface area contributed by atoms with Gasteiger partial charge in [0.1, 0.15) is 0 Å². The van der Waals surface area contributed by atoms with Gasteiger partial charge >= 0.3 is 6.18 Å². The van der Waals surface area contributed by atoms with Crippen molar-refractivity contribution in [3.63, 3.8) is 0 Å². The van der Waals surface area contributed by atoms with Gasteiger partial charge < -0.3 is 5.11 Å². The van der Waals surface area contributed by atoms with Gasteiger partial charge in [0.05, 0.1) is 5.56 Å². The average molecular weight is 272 g/mol. The number of aliphatic hydroxyl groups excluding tert-OH is 1. The van der Waals surface area contributed by atoms with Crippen LogP contribution in [-0.4, -0.2) is 11.7 Å². The summed E-state index contributed by atoms with van der Waals surface area (Å²) in [5.41, 5.74) is -0.151. The first kappa shape index (κ1) is 14.4. The fraction of sp³-hybridized carbons (Fsp3) is 0.600. The lowest BCUT2D eigenvalue weighted by Crippen LogP contribution is -2.30. The molecule has 0 aromatic heterocycles. The Kier molecular flexibility index (Phi) is 4.19. The summed E-state index contributed by atoms with van der Waals surface area (Å²) in [4.78, 5) is 0. The number of benzene rings is 1. The van der Waals surface area contributed by atoms with Gasteiger partial charge in [-0.1, -0.05) is 37.5 Å². The molecule has 1 aliphatic rings. The van der Waals surface area contributed by atoms with Crippen molar-refractivity contribution in [2.75, 3.05) is 6.61 Å². The van der Waals surface area contributed by atoms with Crippen LogP contribution in [0.5, 0.6) is 0 Å². The molecule has 0 bridgehead atoms. The molecule has 1 saturated carbocycles. The van der Waals surface area contributed by atoms with E-state index in [0.717, 1.165) is 38.2 Å². The van der Waals surface area contributed by atoms with E-state index in [0.29, 0.717) is 12.0 Å². The minimum absolute atomic E-state index is 0.0588. The first-order valence-electron chi connectivity index (χ1n) is 6.72. The molecule has 106 valence electrons. The summed E-state index contributed by atoms with van der Waals surface area (Å²) in [6.07, 6.45) is 1.31. The van der Waals surface area contributed by atoms with Crippen LogP contribution in [-0.2, 0) is 12.6 Å². The summed E-state index contributed by atoms with van der Waals surface area (Å²) < 4.78 is 38.0. The van der Waals surface area contributed by atoms with E-state index >= 15 is 0 Å². The lowest BCUT2D eigenvalue weighted by atomic mass is 9.71. The van der Waals surface area contributed by atoms with Crippen molar-refractivity contribution in [3.05, 3.63) is 35.4 Å². The number of hydrogen-bond donors (Lipinski definition) is 1. The molecule has 0 amide bonds. The van der Waals surface area contributed by atoms with Crippen LogP contribution in [0.3, 0.4) is 0 Å². The molecule has 1 fully saturated rings. The quantitative estimate of drug-likeness (QED) is 0.874. The Morgan fingerprint density at radius 2 is 1.79 bits per heavy atom. The Morgan fingerprint density at radius 3 is 2.37 bits per heavy atom. The molecule has 1 N–H and O–H groups in total. The normalized spacial score (nSPS) is 19.4. The van der Waals surface area contributed by atoms with Gasteiger partial charge in [0.2, 0.25) is 0 Å². The van der Waals surface area contributed by atoms with Gasteiger partial charge in [-0.05, 0) is 36.3 Å². The molecule has 1 nitrogen and oxygen atoms in total. The Morgan fingerprint density at radius 1 is 1.11 bits per heavy atom. The zero-order valence-corrected chi connectivity index (χ0v) is 10.8. The van der Waals surface area contributed by atoms with E-state index in [1.165, 1.54) is 12.1 Å². The number of alkyl halides is 3. The van der Waals surface area contributed by atoms with Crippen molar-refractivity contribution in [2.24, 2.45) is 5.41 Å². The van der Waals surface area contributed by atoms with Crippen LogP contribution < -0.4 is 0 Å². The summed E-state index contributed by atoms with van der Waals surface area (Å²) in [7, 11) is 0. The van der Waals surface area contributed by atoms with Crippen LogP contribution in [0, 0.1) is 5.41 Å². The van der Waals surface area contributed by atoms with Gasteiger partial charge in [-0.25, -0.2) is 0 Å². The number of rotatable bonds is 3. The molecule has 0 saturated heterocycles. The number of halogens is 3. The summed E-state index contributed by atoms with van der Waals surface area (Å²) in [5, 5.41) is 9.61. The molecule has 0 spiro atoms. The lowest BCUT2D eigenvalue weighted by Gasteiger charge is -2.36. The standard InChI is InChI=1S/C15H19F3O/c16-15(17,18)13-6-4-5-12(9-13)10-14(11-19)7-2-1-3-8-14/h4-6,9,19H,1-3,7-8,10-11H2. The first-order valence-corrected chi connectivity index (χ1v) is 6.72. The SMILES string of the molecule is OCC1(Cc2cccc(C(F)(F)F)c2)CCCCC1. The second kappa shape index (κ2) is 5.53. The van der Waals surface area contributed by atoms with E-state index in [1.807, 2.05) is 0 Å². The molecule has 1 aromatic carbocycles. The van der Waals surface area contributed by atoms with Gasteiger partial charge in [-0.3, -0.25) is 0 Å². The third-order valence-electron chi connectivity index (χ3n) is 4.08. The van der Waals surface area contributed by atoms with E-state index in [2.05, 4.69) is 0 Å². The van der Waals surface area contributed by atoms with Crippen LogP contribution in [0.15, 0.2) is 24.3 Å². The molecule has 0 radical (unpaired) electrons. The van der Waals surface area contributed by atoms with Gasteiger partial charge in [-0.2, -0.15) is 13.2 Å². The Bertz CT molecular complexity index is 420. The Balaban J connectivity index is 2.18.